The van der Waals surface area contributed by atoms with Gasteiger partial charge in [-0.1, -0.05) is 0 Å². The molecular weight excluding hydrogens is 278 g/mol. The molecule has 7 heteroatoms. The summed E-state index contributed by atoms with van der Waals surface area (Å²) in [5, 5.41) is 2.65. The smallest absolute Gasteiger partial charge is 0.241 e. The Labute approximate surface area is 118 Å². The third-order valence-electron chi connectivity index (χ3n) is 3.57. The first-order chi connectivity index (χ1) is 9.31. The Balaban J connectivity index is 2.28. The Kier molecular flexibility index (Phi) is 4.01. The number of hydrogen-bond acceptors (Lipinski definition) is 4. The Morgan fingerprint density at radius 1 is 1.35 bits per heavy atom. The molecule has 1 heterocycles. The molecule has 0 aromatic heterocycles. The van der Waals surface area contributed by atoms with Crippen LogP contribution in [0.4, 0.5) is 5.69 Å². The van der Waals surface area contributed by atoms with Crippen LogP contribution in [0, 0.1) is 13.8 Å². The van der Waals surface area contributed by atoms with Gasteiger partial charge >= 0.3 is 0 Å². The number of benzene rings is 1. The molecule has 20 heavy (non-hydrogen) atoms. The van der Waals surface area contributed by atoms with Crippen LogP contribution >= 0.6 is 0 Å². The number of carbonyl (C=O) groups excluding carboxylic acids is 1. The number of aryl methyl sites for hydroxylation is 1. The molecule has 1 aromatic rings. The van der Waals surface area contributed by atoms with E-state index >= 15 is 0 Å². The number of rotatable bonds is 3. The number of nitrogen functional groups attached to an aromatic ring is 1. The lowest BCUT2D eigenvalue weighted by Crippen LogP contribution is -2.50. The van der Waals surface area contributed by atoms with Gasteiger partial charge < -0.3 is 11.1 Å². The summed E-state index contributed by atoms with van der Waals surface area (Å²) in [7, 11) is -3.75. The van der Waals surface area contributed by atoms with E-state index in [-0.39, 0.29) is 10.8 Å². The molecule has 1 fully saturated rings. The first-order valence-electron chi connectivity index (χ1n) is 6.48. The third kappa shape index (κ3) is 2.94. The number of nitrogens with two attached hydrogens (primary N) is 1. The Morgan fingerprint density at radius 2 is 2.05 bits per heavy atom. The number of sulfonamides is 1. The second kappa shape index (κ2) is 5.41. The van der Waals surface area contributed by atoms with Crippen molar-refractivity contribution in [3.63, 3.8) is 0 Å². The monoisotopic (exact) mass is 297 g/mol. The average molecular weight is 297 g/mol. The molecule has 1 saturated heterocycles. The van der Waals surface area contributed by atoms with Crippen molar-refractivity contribution in [1.29, 1.82) is 0 Å². The molecule has 6 nitrogen and oxygen atoms in total. The SMILES string of the molecule is Cc1cc(S(=O)(=O)NC2CCCNC2=O)cc(N)c1C. The summed E-state index contributed by atoms with van der Waals surface area (Å²) in [6.45, 7) is 4.23. The van der Waals surface area contributed by atoms with Gasteiger partial charge in [0.2, 0.25) is 15.9 Å². The predicted molar refractivity (Wildman–Crippen MR) is 76.7 cm³/mol. The van der Waals surface area contributed by atoms with Gasteiger partial charge in [0.15, 0.2) is 0 Å². The van der Waals surface area contributed by atoms with Gasteiger partial charge in [-0.05, 0) is 49.9 Å². The summed E-state index contributed by atoms with van der Waals surface area (Å²) in [4.78, 5) is 11.7. The fourth-order valence-electron chi connectivity index (χ4n) is 2.15. The quantitative estimate of drug-likeness (QED) is 0.705. The number of amides is 1. The maximum absolute atomic E-state index is 12.3. The summed E-state index contributed by atoms with van der Waals surface area (Å²) < 4.78 is 27.1. The van der Waals surface area contributed by atoms with Crippen LogP contribution in [0.1, 0.15) is 24.0 Å². The molecule has 0 bridgehead atoms. The zero-order chi connectivity index (χ0) is 14.9. The highest BCUT2D eigenvalue weighted by Gasteiger charge is 2.28. The maximum Gasteiger partial charge on any atom is 0.241 e. The average Bonchev–Trinajstić information content (AvgIpc) is 2.38. The van der Waals surface area contributed by atoms with E-state index in [1.807, 2.05) is 6.92 Å². The van der Waals surface area contributed by atoms with Crippen molar-refractivity contribution in [3.05, 3.63) is 23.3 Å². The fraction of sp³-hybridized carbons (Fsp3) is 0.462. The molecular formula is C13H19N3O3S. The minimum Gasteiger partial charge on any atom is -0.398 e. The zero-order valence-electron chi connectivity index (χ0n) is 11.6. The van der Waals surface area contributed by atoms with E-state index in [0.717, 1.165) is 17.5 Å². The van der Waals surface area contributed by atoms with Crippen molar-refractivity contribution in [2.24, 2.45) is 0 Å². The third-order valence-corrected chi connectivity index (χ3v) is 5.03. The van der Waals surface area contributed by atoms with Crippen LogP contribution in [0.15, 0.2) is 17.0 Å². The van der Waals surface area contributed by atoms with Crippen LogP contribution in [0.2, 0.25) is 0 Å². The van der Waals surface area contributed by atoms with Gasteiger partial charge in [0, 0.05) is 12.2 Å². The minimum absolute atomic E-state index is 0.0940. The van der Waals surface area contributed by atoms with Crippen molar-refractivity contribution in [3.8, 4) is 0 Å². The lowest BCUT2D eigenvalue weighted by Gasteiger charge is -2.23. The molecule has 0 radical (unpaired) electrons. The standard InChI is InChI=1S/C13H19N3O3S/c1-8-6-10(7-11(14)9(8)2)20(18,19)16-12-4-3-5-15-13(12)17/h6-7,12,16H,3-5,14H2,1-2H3,(H,15,17). The van der Waals surface area contributed by atoms with E-state index in [2.05, 4.69) is 10.0 Å². The maximum atomic E-state index is 12.3. The van der Waals surface area contributed by atoms with E-state index in [9.17, 15) is 13.2 Å². The normalized spacial score (nSPS) is 19.7. The van der Waals surface area contributed by atoms with Crippen LogP contribution in [0.5, 0.6) is 0 Å². The predicted octanol–water partition coefficient (Wildman–Crippen LogP) is 0.443. The van der Waals surface area contributed by atoms with Gasteiger partial charge in [-0.3, -0.25) is 4.79 Å². The topological polar surface area (TPSA) is 101 Å². The number of nitrogens with one attached hydrogen (secondary N) is 2. The van der Waals surface area contributed by atoms with E-state index in [1.54, 1.807) is 13.0 Å². The first kappa shape index (κ1) is 14.8. The highest BCUT2D eigenvalue weighted by molar-refractivity contribution is 7.89. The number of carbonyl (C=O) groups is 1. The number of piperidine rings is 1. The molecule has 1 aliphatic rings. The van der Waals surface area contributed by atoms with Gasteiger partial charge in [0.1, 0.15) is 6.04 Å². The van der Waals surface area contributed by atoms with Crippen LogP contribution in [0.25, 0.3) is 0 Å². The van der Waals surface area contributed by atoms with E-state index in [4.69, 9.17) is 5.73 Å². The van der Waals surface area contributed by atoms with Crippen molar-refractivity contribution >= 4 is 21.6 Å². The van der Waals surface area contributed by atoms with Crippen LogP contribution in [0.3, 0.4) is 0 Å². The highest BCUT2D eigenvalue weighted by Crippen LogP contribution is 2.22. The lowest BCUT2D eigenvalue weighted by atomic mass is 10.1. The highest BCUT2D eigenvalue weighted by atomic mass is 32.2. The molecule has 0 aliphatic carbocycles. The van der Waals surface area contributed by atoms with E-state index in [0.29, 0.717) is 18.7 Å². The van der Waals surface area contributed by atoms with Crippen molar-refractivity contribution in [2.45, 2.75) is 37.6 Å². The second-order valence-electron chi connectivity index (χ2n) is 5.06. The largest absolute Gasteiger partial charge is 0.398 e. The van der Waals surface area contributed by atoms with Gasteiger partial charge in [-0.15, -0.1) is 0 Å². The Morgan fingerprint density at radius 3 is 2.65 bits per heavy atom. The van der Waals surface area contributed by atoms with Gasteiger partial charge in [0.25, 0.3) is 0 Å². The first-order valence-corrected chi connectivity index (χ1v) is 7.96. The molecule has 1 aliphatic heterocycles. The van der Waals surface area contributed by atoms with Crippen LogP contribution in [-0.2, 0) is 14.8 Å². The summed E-state index contributed by atoms with van der Waals surface area (Å²) in [5.74, 6) is -0.281. The molecule has 0 saturated carbocycles. The van der Waals surface area contributed by atoms with Crippen LogP contribution in [-0.4, -0.2) is 26.9 Å². The van der Waals surface area contributed by atoms with Gasteiger partial charge in [0.05, 0.1) is 4.90 Å². The summed E-state index contributed by atoms with van der Waals surface area (Å²) in [5.41, 5.74) is 7.90. The number of hydrogen-bond donors (Lipinski definition) is 3. The molecule has 4 N–H and O–H groups in total. The van der Waals surface area contributed by atoms with E-state index < -0.39 is 16.1 Å². The van der Waals surface area contributed by atoms with Crippen molar-refractivity contribution in [1.82, 2.24) is 10.0 Å². The van der Waals surface area contributed by atoms with Crippen molar-refractivity contribution < 1.29 is 13.2 Å². The van der Waals surface area contributed by atoms with Crippen LogP contribution < -0.4 is 15.8 Å². The van der Waals surface area contributed by atoms with E-state index in [1.165, 1.54) is 6.07 Å². The summed E-state index contributed by atoms with van der Waals surface area (Å²) in [6, 6.07) is 2.27. The van der Waals surface area contributed by atoms with Crippen molar-refractivity contribution in [2.75, 3.05) is 12.3 Å². The fourth-order valence-corrected chi connectivity index (χ4v) is 3.50. The zero-order valence-corrected chi connectivity index (χ0v) is 12.4. The molecule has 1 aromatic carbocycles. The molecule has 1 unspecified atom stereocenters. The van der Waals surface area contributed by atoms with Gasteiger partial charge in [-0.25, -0.2) is 8.42 Å². The molecule has 2 rings (SSSR count). The second-order valence-corrected chi connectivity index (χ2v) is 6.78. The Bertz CT molecular complexity index is 617. The molecule has 1 atom stereocenters. The lowest BCUT2D eigenvalue weighted by molar-refractivity contribution is -0.124. The summed E-state index contributed by atoms with van der Waals surface area (Å²) >= 11 is 0. The molecule has 0 spiro atoms. The Hall–Kier alpha value is -1.60. The minimum atomic E-state index is -3.75. The van der Waals surface area contributed by atoms with Gasteiger partial charge in [-0.2, -0.15) is 4.72 Å². The molecule has 1 amide bonds. The molecule has 110 valence electrons. The summed E-state index contributed by atoms with van der Waals surface area (Å²) in [6.07, 6.45) is 1.26. The number of anilines is 1.